The van der Waals surface area contributed by atoms with E-state index in [0.717, 1.165) is 19.3 Å². The molecule has 0 spiro atoms. The molecule has 2 rings (SSSR count). The molecule has 1 saturated heterocycles. The van der Waals surface area contributed by atoms with E-state index in [2.05, 4.69) is 29.8 Å². The first-order chi connectivity index (χ1) is 6.84. The zero-order valence-corrected chi connectivity index (χ0v) is 11.6. The van der Waals surface area contributed by atoms with Gasteiger partial charge in [0, 0.05) is 17.9 Å². The molecular formula is C10H18BrNO2S. The molecular weight excluding hydrogens is 278 g/mol. The van der Waals surface area contributed by atoms with Crippen molar-refractivity contribution in [1.82, 2.24) is 4.31 Å². The van der Waals surface area contributed by atoms with E-state index in [1.807, 2.05) is 0 Å². The highest BCUT2D eigenvalue weighted by atomic mass is 79.9. The maximum atomic E-state index is 12.1. The van der Waals surface area contributed by atoms with Crippen LogP contribution in [0, 0.1) is 5.41 Å². The molecule has 2 fully saturated rings. The van der Waals surface area contributed by atoms with Gasteiger partial charge in [-0.2, -0.15) is 0 Å². The Kier molecular flexibility index (Phi) is 2.93. The highest BCUT2D eigenvalue weighted by molar-refractivity contribution is 9.09. The van der Waals surface area contributed by atoms with Gasteiger partial charge in [0.25, 0.3) is 0 Å². The Morgan fingerprint density at radius 1 is 1.27 bits per heavy atom. The van der Waals surface area contributed by atoms with E-state index in [9.17, 15) is 8.42 Å². The summed E-state index contributed by atoms with van der Waals surface area (Å²) in [5.41, 5.74) is 0.0419. The number of halogens is 1. The lowest BCUT2D eigenvalue weighted by Gasteiger charge is -2.41. The van der Waals surface area contributed by atoms with Crippen LogP contribution in [-0.4, -0.2) is 35.9 Å². The predicted octanol–water partition coefficient (Wildman–Crippen LogP) is 1.97. The van der Waals surface area contributed by atoms with Crippen LogP contribution in [0.1, 0.15) is 33.1 Å². The minimum absolute atomic E-state index is 0.0419. The average Bonchev–Trinajstić information content (AvgIpc) is 2.92. The second-order valence-electron chi connectivity index (χ2n) is 5.32. The van der Waals surface area contributed by atoms with Crippen molar-refractivity contribution >= 4 is 26.0 Å². The van der Waals surface area contributed by atoms with Crippen LogP contribution in [0.2, 0.25) is 0 Å². The van der Waals surface area contributed by atoms with E-state index in [1.165, 1.54) is 0 Å². The molecule has 2 aliphatic rings. The molecule has 0 aromatic rings. The van der Waals surface area contributed by atoms with E-state index in [4.69, 9.17) is 0 Å². The Labute approximate surface area is 100 Å². The molecule has 1 atom stereocenters. The van der Waals surface area contributed by atoms with Crippen LogP contribution in [-0.2, 0) is 10.0 Å². The Morgan fingerprint density at radius 2 is 1.87 bits per heavy atom. The van der Waals surface area contributed by atoms with Gasteiger partial charge in [-0.25, -0.2) is 12.7 Å². The molecule has 0 amide bonds. The molecule has 1 unspecified atom stereocenters. The number of alkyl halides is 1. The van der Waals surface area contributed by atoms with Crippen LogP contribution >= 0.6 is 15.9 Å². The fourth-order valence-corrected chi connectivity index (χ4v) is 4.45. The van der Waals surface area contributed by atoms with Gasteiger partial charge in [0.2, 0.25) is 10.0 Å². The standard InChI is InChI=1S/C10H18BrNO2S/c1-10(2)7-12(6-5-9(10)11)15(13,14)8-3-4-8/h8-9H,3-7H2,1-2H3. The molecule has 3 nitrogen and oxygen atoms in total. The van der Waals surface area contributed by atoms with Gasteiger partial charge in [0.1, 0.15) is 0 Å². The molecule has 0 aromatic heterocycles. The van der Waals surface area contributed by atoms with Crippen molar-refractivity contribution in [3.63, 3.8) is 0 Å². The van der Waals surface area contributed by atoms with Crippen molar-refractivity contribution in [2.75, 3.05) is 13.1 Å². The van der Waals surface area contributed by atoms with Crippen LogP contribution < -0.4 is 0 Å². The molecule has 1 heterocycles. The van der Waals surface area contributed by atoms with Crippen LogP contribution in [0.3, 0.4) is 0 Å². The normalized spacial score (nSPS) is 32.9. The number of hydrogen-bond acceptors (Lipinski definition) is 2. The van der Waals surface area contributed by atoms with Crippen molar-refractivity contribution in [2.24, 2.45) is 5.41 Å². The van der Waals surface area contributed by atoms with Crippen LogP contribution in [0.5, 0.6) is 0 Å². The molecule has 1 aliphatic heterocycles. The van der Waals surface area contributed by atoms with Crippen molar-refractivity contribution in [2.45, 2.75) is 43.2 Å². The fraction of sp³-hybridized carbons (Fsp3) is 1.00. The first-order valence-corrected chi connectivity index (χ1v) is 7.89. The van der Waals surface area contributed by atoms with Gasteiger partial charge >= 0.3 is 0 Å². The smallest absolute Gasteiger partial charge is 0.212 e. The van der Waals surface area contributed by atoms with Crippen molar-refractivity contribution in [3.8, 4) is 0 Å². The fourth-order valence-electron chi connectivity index (χ4n) is 2.07. The highest BCUT2D eigenvalue weighted by Crippen LogP contribution is 2.39. The summed E-state index contributed by atoms with van der Waals surface area (Å²) in [5, 5.41) is -0.0693. The lowest BCUT2D eigenvalue weighted by atomic mass is 9.85. The number of rotatable bonds is 2. The van der Waals surface area contributed by atoms with Gasteiger partial charge < -0.3 is 0 Å². The van der Waals surface area contributed by atoms with Gasteiger partial charge in [-0.1, -0.05) is 29.8 Å². The highest BCUT2D eigenvalue weighted by Gasteiger charge is 2.45. The second-order valence-corrected chi connectivity index (χ2v) is 8.64. The largest absolute Gasteiger partial charge is 0.217 e. The van der Waals surface area contributed by atoms with Crippen LogP contribution in [0.15, 0.2) is 0 Å². The lowest BCUT2D eigenvalue weighted by molar-refractivity contribution is 0.199. The molecule has 0 N–H and O–H groups in total. The third-order valence-corrected chi connectivity index (χ3v) is 7.41. The SMILES string of the molecule is CC1(C)CN(S(=O)(=O)C2CC2)CCC1Br. The summed E-state index contributed by atoms with van der Waals surface area (Å²) in [6.45, 7) is 5.59. The molecule has 1 saturated carbocycles. The summed E-state index contributed by atoms with van der Waals surface area (Å²) in [7, 11) is -2.97. The quantitative estimate of drug-likeness (QED) is 0.731. The van der Waals surface area contributed by atoms with E-state index in [-0.39, 0.29) is 10.7 Å². The van der Waals surface area contributed by atoms with Crippen LogP contribution in [0.25, 0.3) is 0 Å². The molecule has 1 aliphatic carbocycles. The summed E-state index contributed by atoms with van der Waals surface area (Å²) >= 11 is 3.64. The Morgan fingerprint density at radius 3 is 2.33 bits per heavy atom. The summed E-state index contributed by atoms with van der Waals surface area (Å²) in [5.74, 6) is 0. The maximum Gasteiger partial charge on any atom is 0.217 e. The zero-order chi connectivity index (χ0) is 11.3. The third kappa shape index (κ3) is 2.24. The average molecular weight is 296 g/mol. The molecule has 0 aromatic carbocycles. The van der Waals surface area contributed by atoms with Crippen molar-refractivity contribution in [1.29, 1.82) is 0 Å². The van der Waals surface area contributed by atoms with Gasteiger partial charge in [0.05, 0.1) is 5.25 Å². The van der Waals surface area contributed by atoms with Gasteiger partial charge in [0.15, 0.2) is 0 Å². The van der Waals surface area contributed by atoms with Crippen molar-refractivity contribution < 1.29 is 8.42 Å². The molecule has 0 bridgehead atoms. The maximum absolute atomic E-state index is 12.1. The Balaban J connectivity index is 2.12. The first kappa shape index (κ1) is 11.9. The second kappa shape index (κ2) is 3.70. The molecule has 15 heavy (non-hydrogen) atoms. The van der Waals surface area contributed by atoms with Gasteiger partial charge in [-0.05, 0) is 24.7 Å². The van der Waals surface area contributed by atoms with E-state index < -0.39 is 10.0 Å². The number of nitrogens with zero attached hydrogens (tertiary/aromatic N) is 1. The molecule has 5 heteroatoms. The van der Waals surface area contributed by atoms with E-state index >= 15 is 0 Å². The number of piperidine rings is 1. The van der Waals surface area contributed by atoms with Crippen LogP contribution in [0.4, 0.5) is 0 Å². The van der Waals surface area contributed by atoms with E-state index in [0.29, 0.717) is 17.9 Å². The molecule has 0 radical (unpaired) electrons. The van der Waals surface area contributed by atoms with Crippen molar-refractivity contribution in [3.05, 3.63) is 0 Å². The summed E-state index contributed by atoms with van der Waals surface area (Å²) in [4.78, 5) is 0.427. The number of sulfonamides is 1. The molecule has 88 valence electrons. The zero-order valence-electron chi connectivity index (χ0n) is 9.24. The summed E-state index contributed by atoms with van der Waals surface area (Å²) in [6, 6.07) is 0. The monoisotopic (exact) mass is 295 g/mol. The van der Waals surface area contributed by atoms with E-state index in [1.54, 1.807) is 4.31 Å². The minimum atomic E-state index is -2.97. The topological polar surface area (TPSA) is 37.4 Å². The number of hydrogen-bond donors (Lipinski definition) is 0. The first-order valence-electron chi connectivity index (χ1n) is 5.47. The predicted molar refractivity (Wildman–Crippen MR) is 64.6 cm³/mol. The summed E-state index contributed by atoms with van der Waals surface area (Å²) in [6.07, 6.45) is 2.63. The van der Waals surface area contributed by atoms with Gasteiger partial charge in [-0.15, -0.1) is 0 Å². The van der Waals surface area contributed by atoms with Gasteiger partial charge in [-0.3, -0.25) is 0 Å². The minimum Gasteiger partial charge on any atom is -0.212 e. The third-order valence-electron chi connectivity index (χ3n) is 3.37. The summed E-state index contributed by atoms with van der Waals surface area (Å²) < 4.78 is 25.8. The Bertz CT molecular complexity index is 348. The lowest BCUT2D eigenvalue weighted by Crippen LogP contribution is -2.49. The Hall–Kier alpha value is 0.390.